The highest BCUT2D eigenvalue weighted by Gasteiger charge is 2.38. The van der Waals surface area contributed by atoms with Gasteiger partial charge in [0.05, 0.1) is 23.5 Å². The van der Waals surface area contributed by atoms with Gasteiger partial charge >= 0.3 is 12.1 Å². The van der Waals surface area contributed by atoms with Crippen LogP contribution in [-0.2, 0) is 20.5 Å². The third-order valence-corrected chi connectivity index (χ3v) is 3.04. The van der Waals surface area contributed by atoms with Crippen LogP contribution in [0, 0.1) is 0 Å². The van der Waals surface area contributed by atoms with Crippen LogP contribution in [0.5, 0.6) is 0 Å². The second kappa shape index (κ2) is 5.84. The van der Waals surface area contributed by atoms with Crippen LogP contribution in [0.3, 0.4) is 0 Å². The zero-order chi connectivity index (χ0) is 16.5. The van der Waals surface area contributed by atoms with E-state index in [1.54, 1.807) is 0 Å². The number of anilines is 2. The molecule has 0 saturated heterocycles. The van der Waals surface area contributed by atoms with E-state index in [4.69, 9.17) is 0 Å². The minimum Gasteiger partial charge on any atom is -0.464 e. The third kappa shape index (κ3) is 3.14. The van der Waals surface area contributed by atoms with Crippen LogP contribution in [0.4, 0.5) is 24.5 Å². The van der Waals surface area contributed by atoms with Crippen molar-refractivity contribution >= 4 is 23.3 Å². The lowest BCUT2D eigenvalue weighted by atomic mass is 10.0. The van der Waals surface area contributed by atoms with Gasteiger partial charge in [0.25, 0.3) is 0 Å². The summed E-state index contributed by atoms with van der Waals surface area (Å²) >= 11 is 0. The first kappa shape index (κ1) is 16.1. The first-order valence-electron chi connectivity index (χ1n) is 6.37. The van der Waals surface area contributed by atoms with Crippen LogP contribution in [0.2, 0.25) is 0 Å². The van der Waals surface area contributed by atoms with Crippen LogP contribution in [0.25, 0.3) is 0 Å². The highest BCUT2D eigenvalue weighted by atomic mass is 19.4. The van der Waals surface area contributed by atoms with Crippen molar-refractivity contribution in [2.24, 2.45) is 0 Å². The molecule has 0 saturated carbocycles. The van der Waals surface area contributed by atoms with Gasteiger partial charge in [-0.15, -0.1) is 0 Å². The molecule has 1 aromatic carbocycles. The normalized spacial score (nSPS) is 18.8. The van der Waals surface area contributed by atoms with E-state index in [9.17, 15) is 27.9 Å². The van der Waals surface area contributed by atoms with Crippen LogP contribution >= 0.6 is 0 Å². The predicted molar refractivity (Wildman–Crippen MR) is 70.1 cm³/mol. The Labute approximate surface area is 123 Å². The molecular weight excluding hydrogens is 305 g/mol. The molecule has 0 radical (unpaired) electrons. The standard InChI is InChI=1S/C13H13F3N2O4/c1-2-22-12(21)10(19)9-11(20)18-7-4-3-6(13(14,15)16)5-8(7)17-9/h3-5,9-10,17,19H,2H2,1H3,(H,18,20)/t9-,10+/m0/s1. The van der Waals surface area contributed by atoms with Crippen molar-refractivity contribution in [3.05, 3.63) is 23.8 Å². The van der Waals surface area contributed by atoms with Gasteiger partial charge in [0.15, 0.2) is 6.10 Å². The number of aliphatic hydroxyl groups excluding tert-OH is 1. The number of ether oxygens (including phenoxy) is 1. The number of hydrogen-bond acceptors (Lipinski definition) is 5. The highest BCUT2D eigenvalue weighted by Crippen LogP contribution is 2.35. The number of nitrogens with one attached hydrogen (secondary N) is 2. The van der Waals surface area contributed by atoms with E-state index in [2.05, 4.69) is 15.4 Å². The lowest BCUT2D eigenvalue weighted by molar-refractivity contribution is -0.155. The van der Waals surface area contributed by atoms with Gasteiger partial charge < -0.3 is 20.5 Å². The third-order valence-electron chi connectivity index (χ3n) is 3.04. The zero-order valence-corrected chi connectivity index (χ0v) is 11.4. The fourth-order valence-corrected chi connectivity index (χ4v) is 1.98. The predicted octanol–water partition coefficient (Wildman–Crippen LogP) is 1.36. The first-order chi connectivity index (χ1) is 10.2. The Balaban J connectivity index is 2.27. The molecule has 1 amide bonds. The number of rotatable bonds is 3. The van der Waals surface area contributed by atoms with Crippen molar-refractivity contribution in [2.75, 3.05) is 17.2 Å². The van der Waals surface area contributed by atoms with Crippen molar-refractivity contribution in [1.82, 2.24) is 0 Å². The quantitative estimate of drug-likeness (QED) is 0.733. The summed E-state index contributed by atoms with van der Waals surface area (Å²) in [7, 11) is 0. The summed E-state index contributed by atoms with van der Waals surface area (Å²) in [5.41, 5.74) is -0.827. The SMILES string of the molecule is CCOC(=O)[C@H](O)[C@@H]1Nc2cc(C(F)(F)F)ccc2NC1=O. The van der Waals surface area contributed by atoms with Crippen molar-refractivity contribution in [3.8, 4) is 0 Å². The van der Waals surface area contributed by atoms with E-state index in [0.29, 0.717) is 0 Å². The molecule has 0 aliphatic carbocycles. The molecule has 0 fully saturated rings. The molecular formula is C13H13F3N2O4. The topological polar surface area (TPSA) is 87.7 Å². The summed E-state index contributed by atoms with van der Waals surface area (Å²) in [4.78, 5) is 23.3. The van der Waals surface area contributed by atoms with E-state index in [-0.39, 0.29) is 18.0 Å². The van der Waals surface area contributed by atoms with E-state index < -0.39 is 35.8 Å². The molecule has 6 nitrogen and oxygen atoms in total. The average Bonchev–Trinajstić information content (AvgIpc) is 2.44. The number of amides is 1. The number of fused-ring (bicyclic) bond motifs is 1. The Bertz CT molecular complexity index is 603. The Morgan fingerprint density at radius 1 is 1.41 bits per heavy atom. The molecule has 1 aromatic rings. The highest BCUT2D eigenvalue weighted by molar-refractivity contribution is 6.05. The average molecular weight is 318 g/mol. The van der Waals surface area contributed by atoms with E-state index in [1.807, 2.05) is 0 Å². The van der Waals surface area contributed by atoms with Crippen molar-refractivity contribution in [2.45, 2.75) is 25.2 Å². The van der Waals surface area contributed by atoms with Crippen LogP contribution in [-0.4, -0.2) is 35.7 Å². The molecule has 2 atom stereocenters. The number of carbonyl (C=O) groups excluding carboxylic acids is 2. The molecule has 0 unspecified atom stereocenters. The monoisotopic (exact) mass is 318 g/mol. The summed E-state index contributed by atoms with van der Waals surface area (Å²) in [5, 5.41) is 14.5. The molecule has 0 bridgehead atoms. The van der Waals surface area contributed by atoms with E-state index >= 15 is 0 Å². The largest absolute Gasteiger partial charge is 0.464 e. The summed E-state index contributed by atoms with van der Waals surface area (Å²) in [5.74, 6) is -1.78. The zero-order valence-electron chi connectivity index (χ0n) is 11.4. The van der Waals surface area contributed by atoms with Crippen LogP contribution in [0.15, 0.2) is 18.2 Å². The molecule has 1 aliphatic rings. The molecule has 3 N–H and O–H groups in total. The maximum Gasteiger partial charge on any atom is 0.416 e. The number of halogens is 3. The van der Waals surface area contributed by atoms with Crippen molar-refractivity contribution in [3.63, 3.8) is 0 Å². The van der Waals surface area contributed by atoms with Gasteiger partial charge in [0.2, 0.25) is 5.91 Å². The summed E-state index contributed by atoms with van der Waals surface area (Å²) in [6.45, 7) is 1.52. The maximum absolute atomic E-state index is 12.7. The van der Waals surface area contributed by atoms with Crippen molar-refractivity contribution < 1.29 is 32.6 Å². The van der Waals surface area contributed by atoms with E-state index in [0.717, 1.165) is 18.2 Å². The summed E-state index contributed by atoms with van der Waals surface area (Å²) in [6.07, 6.45) is -6.38. The molecule has 0 aromatic heterocycles. The smallest absolute Gasteiger partial charge is 0.416 e. The first-order valence-corrected chi connectivity index (χ1v) is 6.37. The van der Waals surface area contributed by atoms with Crippen LogP contribution in [0.1, 0.15) is 12.5 Å². The fourth-order valence-electron chi connectivity index (χ4n) is 1.98. The van der Waals surface area contributed by atoms with Gasteiger partial charge in [-0.2, -0.15) is 13.2 Å². The molecule has 0 spiro atoms. The van der Waals surface area contributed by atoms with E-state index in [1.165, 1.54) is 6.92 Å². The molecule has 9 heteroatoms. The minimum atomic E-state index is -4.55. The lowest BCUT2D eigenvalue weighted by Crippen LogP contribution is -2.50. The number of hydrogen-bond donors (Lipinski definition) is 3. The molecule has 22 heavy (non-hydrogen) atoms. The lowest BCUT2D eigenvalue weighted by Gasteiger charge is -2.29. The Morgan fingerprint density at radius 2 is 2.09 bits per heavy atom. The second-order valence-electron chi connectivity index (χ2n) is 4.57. The Hall–Kier alpha value is -2.29. The molecule has 1 heterocycles. The summed E-state index contributed by atoms with van der Waals surface area (Å²) < 4.78 is 42.6. The number of aliphatic hydroxyl groups is 1. The van der Waals surface area contributed by atoms with Gasteiger partial charge in [-0.3, -0.25) is 4.79 Å². The van der Waals surface area contributed by atoms with Gasteiger partial charge in [0, 0.05) is 0 Å². The van der Waals surface area contributed by atoms with Gasteiger partial charge in [-0.25, -0.2) is 4.79 Å². The molecule has 2 rings (SSSR count). The Morgan fingerprint density at radius 3 is 2.68 bits per heavy atom. The van der Waals surface area contributed by atoms with Gasteiger partial charge in [0.1, 0.15) is 6.04 Å². The summed E-state index contributed by atoms with van der Waals surface area (Å²) in [6, 6.07) is 1.27. The van der Waals surface area contributed by atoms with Gasteiger partial charge in [-0.1, -0.05) is 0 Å². The number of alkyl halides is 3. The fraction of sp³-hybridized carbons (Fsp3) is 0.385. The second-order valence-corrected chi connectivity index (χ2v) is 4.57. The molecule has 1 aliphatic heterocycles. The maximum atomic E-state index is 12.7. The minimum absolute atomic E-state index is 0.000951. The molecule has 120 valence electrons. The number of esters is 1. The van der Waals surface area contributed by atoms with Crippen molar-refractivity contribution in [1.29, 1.82) is 0 Å². The van der Waals surface area contributed by atoms with Crippen LogP contribution < -0.4 is 10.6 Å². The number of carbonyl (C=O) groups is 2. The Kier molecular flexibility index (Phi) is 4.27. The number of benzene rings is 1. The van der Waals surface area contributed by atoms with Gasteiger partial charge in [-0.05, 0) is 25.1 Å².